The standard InChI is InChI=1S/C20H18N2O2/c21-18(17-2-1-9-22-12-17)10-14-3-5-15(6-4-14)16-7-8-19-20(11-16)24-13-23-19/h1-9,11-12,18H,10,13,21H2. The lowest BCUT2D eigenvalue weighted by Gasteiger charge is -2.12. The average Bonchev–Trinajstić information content (AvgIpc) is 3.11. The van der Waals surface area contributed by atoms with Crippen molar-refractivity contribution in [1.82, 2.24) is 4.98 Å². The Bertz CT molecular complexity index is 832. The fraction of sp³-hybridized carbons (Fsp3) is 0.150. The van der Waals surface area contributed by atoms with Gasteiger partial charge in [0.15, 0.2) is 11.5 Å². The topological polar surface area (TPSA) is 57.4 Å². The highest BCUT2D eigenvalue weighted by Gasteiger charge is 2.14. The molecule has 0 fully saturated rings. The van der Waals surface area contributed by atoms with Crippen molar-refractivity contribution in [2.75, 3.05) is 6.79 Å². The molecule has 24 heavy (non-hydrogen) atoms. The molecule has 1 aromatic heterocycles. The molecule has 1 aliphatic rings. The van der Waals surface area contributed by atoms with Gasteiger partial charge in [0.1, 0.15) is 0 Å². The Morgan fingerprint density at radius 3 is 2.54 bits per heavy atom. The lowest BCUT2D eigenvalue weighted by molar-refractivity contribution is 0.174. The smallest absolute Gasteiger partial charge is 0.231 e. The molecule has 4 nitrogen and oxygen atoms in total. The van der Waals surface area contributed by atoms with Crippen LogP contribution in [0.15, 0.2) is 67.0 Å². The Labute approximate surface area is 140 Å². The van der Waals surface area contributed by atoms with E-state index in [1.807, 2.05) is 36.5 Å². The summed E-state index contributed by atoms with van der Waals surface area (Å²) < 4.78 is 10.8. The van der Waals surface area contributed by atoms with E-state index in [2.05, 4.69) is 29.2 Å². The number of hydrogen-bond acceptors (Lipinski definition) is 4. The summed E-state index contributed by atoms with van der Waals surface area (Å²) in [5, 5.41) is 0. The molecule has 2 N–H and O–H groups in total. The van der Waals surface area contributed by atoms with Crippen molar-refractivity contribution in [2.24, 2.45) is 5.73 Å². The highest BCUT2D eigenvalue weighted by atomic mass is 16.7. The summed E-state index contributed by atoms with van der Waals surface area (Å²) >= 11 is 0. The maximum absolute atomic E-state index is 6.27. The van der Waals surface area contributed by atoms with Gasteiger partial charge in [-0.05, 0) is 46.9 Å². The van der Waals surface area contributed by atoms with Gasteiger partial charge in [-0.15, -0.1) is 0 Å². The second-order valence-corrected chi connectivity index (χ2v) is 5.86. The lowest BCUT2D eigenvalue weighted by atomic mass is 9.98. The molecular formula is C20H18N2O2. The molecule has 0 saturated heterocycles. The minimum atomic E-state index is -0.0462. The molecule has 0 saturated carbocycles. The minimum Gasteiger partial charge on any atom is -0.454 e. The molecule has 0 bridgehead atoms. The number of nitrogens with zero attached hydrogens (tertiary/aromatic N) is 1. The molecule has 120 valence electrons. The van der Waals surface area contributed by atoms with Crippen LogP contribution in [0, 0.1) is 0 Å². The monoisotopic (exact) mass is 318 g/mol. The van der Waals surface area contributed by atoms with Gasteiger partial charge in [0.05, 0.1) is 0 Å². The van der Waals surface area contributed by atoms with E-state index in [-0.39, 0.29) is 6.04 Å². The zero-order valence-corrected chi connectivity index (χ0v) is 13.2. The Kier molecular flexibility index (Phi) is 3.89. The largest absolute Gasteiger partial charge is 0.454 e. The summed E-state index contributed by atoms with van der Waals surface area (Å²) in [6.07, 6.45) is 4.37. The van der Waals surface area contributed by atoms with Crippen molar-refractivity contribution in [1.29, 1.82) is 0 Å². The molecule has 3 aromatic rings. The number of fused-ring (bicyclic) bond motifs is 1. The van der Waals surface area contributed by atoms with Crippen LogP contribution in [0.5, 0.6) is 11.5 Å². The van der Waals surface area contributed by atoms with Gasteiger partial charge in [-0.3, -0.25) is 4.98 Å². The van der Waals surface area contributed by atoms with Crippen molar-refractivity contribution in [3.05, 3.63) is 78.1 Å². The van der Waals surface area contributed by atoms with Gasteiger partial charge in [0.2, 0.25) is 6.79 Å². The van der Waals surface area contributed by atoms with Crippen LogP contribution in [-0.2, 0) is 6.42 Å². The van der Waals surface area contributed by atoms with Crippen LogP contribution in [0.1, 0.15) is 17.2 Å². The minimum absolute atomic E-state index is 0.0462. The highest BCUT2D eigenvalue weighted by Crippen LogP contribution is 2.36. The second kappa shape index (κ2) is 6.34. The predicted molar refractivity (Wildman–Crippen MR) is 92.9 cm³/mol. The first-order valence-electron chi connectivity index (χ1n) is 7.94. The van der Waals surface area contributed by atoms with E-state index >= 15 is 0 Å². The number of aromatic nitrogens is 1. The molecule has 1 unspecified atom stereocenters. The van der Waals surface area contributed by atoms with Gasteiger partial charge in [-0.1, -0.05) is 36.4 Å². The van der Waals surface area contributed by atoms with Crippen molar-refractivity contribution < 1.29 is 9.47 Å². The molecule has 4 heteroatoms. The first-order valence-corrected chi connectivity index (χ1v) is 7.94. The third kappa shape index (κ3) is 2.96. The number of nitrogens with two attached hydrogens (primary N) is 1. The van der Waals surface area contributed by atoms with Crippen LogP contribution in [0.4, 0.5) is 0 Å². The first-order chi connectivity index (χ1) is 11.8. The Balaban J connectivity index is 1.50. The third-order valence-electron chi connectivity index (χ3n) is 4.23. The Morgan fingerprint density at radius 2 is 1.75 bits per heavy atom. The van der Waals surface area contributed by atoms with E-state index in [1.54, 1.807) is 6.20 Å². The lowest BCUT2D eigenvalue weighted by Crippen LogP contribution is -2.13. The Hall–Kier alpha value is -2.85. The van der Waals surface area contributed by atoms with Crippen molar-refractivity contribution in [3.8, 4) is 22.6 Å². The van der Waals surface area contributed by atoms with E-state index in [0.717, 1.165) is 34.6 Å². The van der Waals surface area contributed by atoms with Gasteiger partial charge in [-0.2, -0.15) is 0 Å². The SMILES string of the molecule is NC(Cc1ccc(-c2ccc3c(c2)OCO3)cc1)c1cccnc1. The summed E-state index contributed by atoms with van der Waals surface area (Å²) in [5.41, 5.74) is 10.8. The van der Waals surface area contributed by atoms with Crippen molar-refractivity contribution >= 4 is 0 Å². The molecule has 4 rings (SSSR count). The van der Waals surface area contributed by atoms with Crippen LogP contribution in [-0.4, -0.2) is 11.8 Å². The van der Waals surface area contributed by atoms with Gasteiger partial charge < -0.3 is 15.2 Å². The first kappa shape index (κ1) is 14.7. The zero-order valence-electron chi connectivity index (χ0n) is 13.2. The molecule has 0 radical (unpaired) electrons. The number of hydrogen-bond donors (Lipinski definition) is 1. The van der Waals surface area contributed by atoms with Crippen molar-refractivity contribution in [2.45, 2.75) is 12.5 Å². The molecule has 0 amide bonds. The number of rotatable bonds is 4. The molecule has 0 spiro atoms. The maximum atomic E-state index is 6.27. The highest BCUT2D eigenvalue weighted by molar-refractivity contribution is 5.67. The van der Waals surface area contributed by atoms with Gasteiger partial charge in [0, 0.05) is 18.4 Å². The third-order valence-corrected chi connectivity index (χ3v) is 4.23. The molecular weight excluding hydrogens is 300 g/mol. The van der Waals surface area contributed by atoms with Crippen molar-refractivity contribution in [3.63, 3.8) is 0 Å². The summed E-state index contributed by atoms with van der Waals surface area (Å²) in [6, 6.07) is 18.4. The van der Waals surface area contributed by atoms with E-state index in [1.165, 1.54) is 5.56 Å². The van der Waals surface area contributed by atoms with Crippen LogP contribution in [0.3, 0.4) is 0 Å². The van der Waals surface area contributed by atoms with E-state index in [9.17, 15) is 0 Å². The number of benzene rings is 2. The fourth-order valence-corrected chi connectivity index (χ4v) is 2.88. The summed E-state index contributed by atoms with van der Waals surface area (Å²) in [4.78, 5) is 4.13. The summed E-state index contributed by atoms with van der Waals surface area (Å²) in [6.45, 7) is 0.296. The Morgan fingerprint density at radius 1 is 0.958 bits per heavy atom. The molecule has 2 aromatic carbocycles. The van der Waals surface area contributed by atoms with Gasteiger partial charge in [-0.25, -0.2) is 0 Å². The molecule has 1 atom stereocenters. The summed E-state index contributed by atoms with van der Waals surface area (Å²) in [5.74, 6) is 1.60. The number of pyridine rings is 1. The van der Waals surface area contributed by atoms with E-state index in [4.69, 9.17) is 15.2 Å². The van der Waals surface area contributed by atoms with Crippen LogP contribution in [0.25, 0.3) is 11.1 Å². The van der Waals surface area contributed by atoms with Gasteiger partial charge in [0.25, 0.3) is 0 Å². The van der Waals surface area contributed by atoms with Crippen LogP contribution < -0.4 is 15.2 Å². The van der Waals surface area contributed by atoms with Gasteiger partial charge >= 0.3 is 0 Å². The molecule has 1 aliphatic heterocycles. The fourth-order valence-electron chi connectivity index (χ4n) is 2.88. The van der Waals surface area contributed by atoms with E-state index in [0.29, 0.717) is 6.79 Å². The van der Waals surface area contributed by atoms with Crippen LogP contribution >= 0.6 is 0 Å². The zero-order chi connectivity index (χ0) is 16.4. The molecule has 2 heterocycles. The maximum Gasteiger partial charge on any atom is 0.231 e. The number of ether oxygens (including phenoxy) is 2. The molecule has 0 aliphatic carbocycles. The predicted octanol–water partition coefficient (Wildman–Crippen LogP) is 3.72. The summed E-state index contributed by atoms with van der Waals surface area (Å²) in [7, 11) is 0. The quantitative estimate of drug-likeness (QED) is 0.796. The second-order valence-electron chi connectivity index (χ2n) is 5.86. The average molecular weight is 318 g/mol. The normalized spacial score (nSPS) is 13.7. The van der Waals surface area contributed by atoms with Crippen LogP contribution in [0.2, 0.25) is 0 Å². The van der Waals surface area contributed by atoms with E-state index < -0.39 is 0 Å².